The summed E-state index contributed by atoms with van der Waals surface area (Å²) in [5.74, 6) is 0.685. The molecule has 208 valence electrons. The van der Waals surface area contributed by atoms with Crippen molar-refractivity contribution < 1.29 is 19.0 Å². The number of amides is 1. The number of nitrogens with zero attached hydrogens (tertiary/aromatic N) is 3. The summed E-state index contributed by atoms with van der Waals surface area (Å²) in [6.45, 7) is 12.4. The molecule has 0 aliphatic carbocycles. The molecule has 0 aromatic carbocycles. The van der Waals surface area contributed by atoms with E-state index in [1.807, 2.05) is 25.7 Å². The highest BCUT2D eigenvalue weighted by Gasteiger charge is 2.46. The van der Waals surface area contributed by atoms with Crippen LogP contribution >= 0.6 is 0 Å². The lowest BCUT2D eigenvalue weighted by Crippen LogP contribution is -2.61. The molecule has 1 amide bonds. The van der Waals surface area contributed by atoms with E-state index in [2.05, 4.69) is 29.4 Å². The van der Waals surface area contributed by atoms with Gasteiger partial charge in [-0.2, -0.15) is 0 Å². The molecular weight excluding hydrogens is 460 g/mol. The Bertz CT molecular complexity index is 722. The average molecular weight is 511 g/mol. The molecule has 0 spiro atoms. The zero-order valence-electron chi connectivity index (χ0n) is 23.3. The number of nitrogens with two attached hydrogens (primary N) is 1. The van der Waals surface area contributed by atoms with Gasteiger partial charge in [-0.3, -0.25) is 5.32 Å². The molecule has 3 rings (SSSR count). The number of fused-ring (bicyclic) bond motifs is 1. The Labute approximate surface area is 217 Å². The van der Waals surface area contributed by atoms with Crippen molar-refractivity contribution in [1.29, 1.82) is 0 Å². The highest BCUT2D eigenvalue weighted by atomic mass is 16.6. The summed E-state index contributed by atoms with van der Waals surface area (Å²) in [6, 6.07) is 0.505. The maximum absolute atomic E-state index is 12.3. The Morgan fingerprint density at radius 2 is 1.94 bits per heavy atom. The molecule has 1 unspecified atom stereocenters. The van der Waals surface area contributed by atoms with E-state index in [-0.39, 0.29) is 36.9 Å². The lowest BCUT2D eigenvalue weighted by Gasteiger charge is -2.34. The first kappa shape index (κ1) is 28.9. The fraction of sp³-hybridized carbons (Fsp3) is 0.923. The third-order valence-electron chi connectivity index (χ3n) is 7.25. The molecule has 36 heavy (non-hydrogen) atoms. The van der Waals surface area contributed by atoms with E-state index < -0.39 is 5.60 Å². The molecule has 0 saturated carbocycles. The second-order valence-corrected chi connectivity index (χ2v) is 11.5. The number of unbranched alkanes of at least 4 members (excludes halogenated alkanes) is 2. The van der Waals surface area contributed by atoms with Gasteiger partial charge in [-0.05, 0) is 59.3 Å². The zero-order chi connectivity index (χ0) is 26.3. The minimum Gasteiger partial charge on any atom is -0.462 e. The molecule has 0 radical (unpaired) electrons. The highest BCUT2D eigenvalue weighted by Crippen LogP contribution is 2.26. The predicted octanol–water partition coefficient (Wildman–Crippen LogP) is 3.17. The smallest absolute Gasteiger partial charge is 0.410 e. The summed E-state index contributed by atoms with van der Waals surface area (Å²) >= 11 is 0. The molecule has 4 N–H and O–H groups in total. The van der Waals surface area contributed by atoms with E-state index in [9.17, 15) is 4.79 Å². The molecule has 2 fully saturated rings. The van der Waals surface area contributed by atoms with Crippen LogP contribution in [0.3, 0.4) is 0 Å². The summed E-state index contributed by atoms with van der Waals surface area (Å²) in [5, 5.41) is 6.68. The minimum atomic E-state index is -0.437. The van der Waals surface area contributed by atoms with Gasteiger partial charge >= 0.3 is 6.09 Å². The van der Waals surface area contributed by atoms with Gasteiger partial charge in [0, 0.05) is 26.7 Å². The van der Waals surface area contributed by atoms with Gasteiger partial charge in [-0.1, -0.05) is 32.6 Å². The van der Waals surface area contributed by atoms with Gasteiger partial charge in [0.25, 0.3) is 6.02 Å². The molecule has 3 aliphatic rings. The lowest BCUT2D eigenvalue weighted by atomic mass is 9.91. The van der Waals surface area contributed by atoms with Crippen molar-refractivity contribution in [2.45, 2.75) is 122 Å². The monoisotopic (exact) mass is 510 g/mol. The number of nitrogens with one attached hydrogen (secondary N) is 2. The number of ether oxygens (including phenoxy) is 3. The van der Waals surface area contributed by atoms with Crippen molar-refractivity contribution in [2.24, 2.45) is 16.6 Å². The number of amidine groups is 1. The molecule has 0 bridgehead atoms. The van der Waals surface area contributed by atoms with Crippen LogP contribution in [0.2, 0.25) is 0 Å². The Kier molecular flexibility index (Phi) is 10.7. The van der Waals surface area contributed by atoms with E-state index in [4.69, 9.17) is 24.9 Å². The first-order valence-corrected chi connectivity index (χ1v) is 13.9. The summed E-state index contributed by atoms with van der Waals surface area (Å²) in [5.41, 5.74) is 5.97. The average Bonchev–Trinajstić information content (AvgIpc) is 3.16. The van der Waals surface area contributed by atoms with Gasteiger partial charge in [0.15, 0.2) is 6.35 Å². The van der Waals surface area contributed by atoms with Gasteiger partial charge in [0.1, 0.15) is 11.8 Å². The van der Waals surface area contributed by atoms with Crippen molar-refractivity contribution in [3.63, 3.8) is 0 Å². The molecule has 0 aromatic heterocycles. The normalized spacial score (nSPS) is 28.3. The third-order valence-corrected chi connectivity index (χ3v) is 7.25. The van der Waals surface area contributed by atoms with Crippen LogP contribution in [0.5, 0.6) is 0 Å². The highest BCUT2D eigenvalue weighted by molar-refractivity contribution is 5.75. The molecule has 0 aromatic rings. The van der Waals surface area contributed by atoms with Crippen molar-refractivity contribution in [3.8, 4) is 0 Å². The molecule has 5 atom stereocenters. The van der Waals surface area contributed by atoms with Gasteiger partial charge in [-0.15, -0.1) is 0 Å². The van der Waals surface area contributed by atoms with Crippen LogP contribution in [0, 0.1) is 5.92 Å². The van der Waals surface area contributed by atoms with Crippen molar-refractivity contribution in [1.82, 2.24) is 20.4 Å². The maximum atomic E-state index is 12.3. The fourth-order valence-electron chi connectivity index (χ4n) is 5.33. The fourth-order valence-corrected chi connectivity index (χ4v) is 5.33. The number of rotatable bonds is 10. The Morgan fingerprint density at radius 3 is 2.58 bits per heavy atom. The Hall–Kier alpha value is -1.62. The van der Waals surface area contributed by atoms with E-state index in [1.165, 1.54) is 12.8 Å². The Morgan fingerprint density at radius 1 is 1.22 bits per heavy atom. The maximum Gasteiger partial charge on any atom is 0.410 e. The zero-order valence-corrected chi connectivity index (χ0v) is 23.3. The minimum absolute atomic E-state index is 0.0288. The topological polar surface area (TPSA) is 114 Å². The van der Waals surface area contributed by atoms with Gasteiger partial charge in [-0.25, -0.2) is 14.7 Å². The first-order chi connectivity index (χ1) is 17.1. The number of carbonyl (C=O) groups is 1. The van der Waals surface area contributed by atoms with E-state index in [0.29, 0.717) is 11.9 Å². The lowest BCUT2D eigenvalue weighted by molar-refractivity contribution is -0.0320. The quantitative estimate of drug-likeness (QED) is 0.384. The molecule has 3 aliphatic heterocycles. The summed E-state index contributed by atoms with van der Waals surface area (Å²) in [6.07, 6.45) is 8.11. The molecule has 10 heteroatoms. The van der Waals surface area contributed by atoms with Crippen LogP contribution < -0.4 is 16.4 Å². The van der Waals surface area contributed by atoms with Crippen molar-refractivity contribution in [2.75, 3.05) is 26.7 Å². The van der Waals surface area contributed by atoms with Gasteiger partial charge in [0.2, 0.25) is 0 Å². The summed E-state index contributed by atoms with van der Waals surface area (Å²) < 4.78 is 17.2. The predicted molar refractivity (Wildman–Crippen MR) is 141 cm³/mol. The molecule has 10 nitrogen and oxygen atoms in total. The van der Waals surface area contributed by atoms with E-state index in [1.54, 1.807) is 7.11 Å². The number of piperidine rings is 1. The molecule has 2 saturated heterocycles. The number of hydrogen-bond donors (Lipinski definition) is 3. The molecule has 3 heterocycles. The van der Waals surface area contributed by atoms with Crippen LogP contribution in [0.15, 0.2) is 4.99 Å². The SMILES string of the molecule is CCC[C@H](C)OC1=N[C@H]2[C@H](N[C@@H](OC)N2CCCCCC2CCN(C(=O)OC(C)(C)C)CC2)C(N)N1. The second kappa shape index (κ2) is 13.3. The van der Waals surface area contributed by atoms with Crippen LogP contribution in [0.25, 0.3) is 0 Å². The number of likely N-dealkylation sites (tertiary alicyclic amines) is 1. The molecular formula is C26H50N6O4. The van der Waals surface area contributed by atoms with Gasteiger partial charge < -0.3 is 30.2 Å². The standard InChI is InChI=1S/C26H50N6O4/c1-7-11-18(2)35-23-29-21(27)20-22(30-23)32(24(28-20)34-6)15-10-8-9-12-19-13-16-31(17-14-19)25(33)36-26(3,4)5/h18-22,24,28H,7-17,27H2,1-6H3,(H,29,30)/t18-,20+,21?,22+,24+/m0/s1. The van der Waals surface area contributed by atoms with Crippen LogP contribution in [-0.4, -0.2) is 85.1 Å². The first-order valence-electron chi connectivity index (χ1n) is 13.9. The largest absolute Gasteiger partial charge is 0.462 e. The number of carbonyl (C=O) groups excluding carboxylic acids is 1. The third kappa shape index (κ3) is 8.19. The van der Waals surface area contributed by atoms with Crippen molar-refractivity contribution in [3.05, 3.63) is 0 Å². The van der Waals surface area contributed by atoms with Crippen molar-refractivity contribution >= 4 is 12.1 Å². The summed E-state index contributed by atoms with van der Waals surface area (Å²) in [4.78, 5) is 21.2. The van der Waals surface area contributed by atoms with Crippen LogP contribution in [-0.2, 0) is 14.2 Å². The van der Waals surface area contributed by atoms with E-state index >= 15 is 0 Å². The number of methoxy groups -OCH3 is 1. The Balaban J connectivity index is 1.41. The number of aliphatic imine (C=N–C) groups is 1. The number of hydrogen-bond acceptors (Lipinski definition) is 9. The van der Waals surface area contributed by atoms with Gasteiger partial charge in [0.05, 0.1) is 18.3 Å². The van der Waals surface area contributed by atoms with Crippen LogP contribution in [0.4, 0.5) is 4.79 Å². The van der Waals surface area contributed by atoms with E-state index in [0.717, 1.165) is 58.2 Å². The van der Waals surface area contributed by atoms with Crippen LogP contribution in [0.1, 0.15) is 86.0 Å². The summed E-state index contributed by atoms with van der Waals surface area (Å²) in [7, 11) is 1.72. The second-order valence-electron chi connectivity index (χ2n) is 11.5.